The molecule has 5 aromatic rings. The second-order valence-electron chi connectivity index (χ2n) is 11.9. The van der Waals surface area contributed by atoms with Crippen molar-refractivity contribution in [3.8, 4) is 17.2 Å². The quantitative estimate of drug-likeness (QED) is 0.0837. The normalized spacial score (nSPS) is 13.2. The van der Waals surface area contributed by atoms with Crippen molar-refractivity contribution in [1.82, 2.24) is 9.55 Å². The highest BCUT2D eigenvalue weighted by atomic mass is 35.5. The van der Waals surface area contributed by atoms with Crippen molar-refractivity contribution in [2.45, 2.75) is 37.5 Å². The Hall–Kier alpha value is -3.35. The van der Waals surface area contributed by atoms with Gasteiger partial charge in [-0.15, -0.1) is 0 Å². The van der Waals surface area contributed by atoms with Crippen molar-refractivity contribution in [2.75, 3.05) is 20.0 Å². The number of H-pyrrole nitrogens is 1. The number of aromatic amines is 1. The molecular weight excluding hydrogens is 845 g/mol. The molecule has 0 radical (unpaired) electrons. The molecule has 1 heterocycles. The molecule has 2 saturated carbocycles. The highest BCUT2D eigenvalue weighted by Crippen LogP contribution is 2.45. The first kappa shape index (κ1) is 40.8. The fourth-order valence-electron chi connectivity index (χ4n) is 5.34. The third kappa shape index (κ3) is 9.49. The number of benzene rings is 4. The van der Waals surface area contributed by atoms with Crippen molar-refractivity contribution in [3.05, 3.63) is 110 Å². The lowest BCUT2D eigenvalue weighted by Crippen LogP contribution is -2.21. The van der Waals surface area contributed by atoms with Gasteiger partial charge in [-0.25, -0.2) is 4.79 Å². The number of carboxylic acid groups (broad SMARTS) is 1. The maximum absolute atomic E-state index is 13.1. The number of halogens is 6. The number of ether oxygens (including phenoxy) is 2. The lowest BCUT2D eigenvalue weighted by Gasteiger charge is -2.13. The van der Waals surface area contributed by atoms with E-state index in [0.29, 0.717) is 76.4 Å². The monoisotopic (exact) mass is 870 g/mol. The van der Waals surface area contributed by atoms with Crippen LogP contribution >= 0.6 is 94.0 Å². The highest BCUT2D eigenvalue weighted by Gasteiger charge is 2.28. The molecule has 0 spiro atoms. The zero-order chi connectivity index (χ0) is 38.7. The Balaban J connectivity index is 0.000000169. The number of aromatic nitrogens is 2. The summed E-state index contributed by atoms with van der Waals surface area (Å²) in [6, 6.07) is 13.0. The summed E-state index contributed by atoms with van der Waals surface area (Å²) in [6.07, 6.45) is 4.46. The second-order valence-corrected chi connectivity index (χ2v) is 14.9. The first-order valence-corrected chi connectivity index (χ1v) is 18.7. The van der Waals surface area contributed by atoms with Gasteiger partial charge in [-0.05, 0) is 109 Å². The number of fused-ring (bicyclic) bond motifs is 1. The van der Waals surface area contributed by atoms with Crippen molar-refractivity contribution in [3.63, 3.8) is 0 Å². The molecule has 276 valence electrons. The summed E-state index contributed by atoms with van der Waals surface area (Å²) in [5.74, 6) is 0.815. The minimum Gasteiger partial charge on any atom is -0.495 e. The molecule has 17 heteroatoms. The Bertz CT molecular complexity index is 2430. The number of nitrogen functional groups attached to an aromatic ring is 1. The fraction of sp³-hybridized carbons (Fsp3) is 0.222. The van der Waals surface area contributed by atoms with Gasteiger partial charge in [0.25, 0.3) is 5.56 Å². The van der Waals surface area contributed by atoms with Crippen molar-refractivity contribution >= 4 is 127 Å². The van der Waals surface area contributed by atoms with Crippen LogP contribution in [-0.4, -0.2) is 40.0 Å². The van der Waals surface area contributed by atoms with E-state index in [2.05, 4.69) is 27.4 Å². The van der Waals surface area contributed by atoms with Crippen molar-refractivity contribution < 1.29 is 19.4 Å². The Kier molecular flexibility index (Phi) is 13.4. The first-order valence-electron chi connectivity index (χ1n) is 15.6. The van der Waals surface area contributed by atoms with E-state index in [0.717, 1.165) is 36.8 Å². The van der Waals surface area contributed by atoms with E-state index in [1.807, 2.05) is 6.07 Å². The van der Waals surface area contributed by atoms with Crippen LogP contribution in [0.3, 0.4) is 0 Å². The number of hydrogen-bond donors (Lipinski definition) is 3. The maximum atomic E-state index is 13.1. The molecule has 2 aliphatic rings. The predicted octanol–water partition coefficient (Wildman–Crippen LogP) is 12.1. The van der Waals surface area contributed by atoms with Gasteiger partial charge in [0.2, 0.25) is 0 Å². The van der Waals surface area contributed by atoms with E-state index in [1.54, 1.807) is 30.3 Å². The zero-order valence-electron chi connectivity index (χ0n) is 27.7. The standard InChI is InChI=1S/C18H13Cl3N2O2S.C10H10ClNO2.C8H5Cl2NOS/c1-25-16-7-15(12(20)6-13(16)21)23-17(24)10-4-11(19)9(8-2-3-8)5-14(10)22-18(23)26;11-8-3-7(10(13)14)9(12)4-6(8)5-1-2-5;1-12-8-3-7(11-4-13)5(9)2-6(8)10/h4-8H,2-3H2,1H3,(H,22,26);3-5H,1-2,12H2,(H,13,14);2-3H,1H3. The number of aromatic carboxylic acids is 1. The van der Waals surface area contributed by atoms with Crippen LogP contribution in [0.1, 0.15) is 59.0 Å². The lowest BCUT2D eigenvalue weighted by atomic mass is 10.1. The zero-order valence-corrected chi connectivity index (χ0v) is 33.9. The summed E-state index contributed by atoms with van der Waals surface area (Å²) < 4.78 is 11.8. The molecule has 1 aromatic heterocycles. The van der Waals surface area contributed by atoms with Gasteiger partial charge in [0.15, 0.2) is 4.77 Å². The molecule has 2 fully saturated rings. The number of nitrogens with one attached hydrogen (secondary N) is 1. The number of rotatable bonds is 7. The van der Waals surface area contributed by atoms with E-state index in [4.69, 9.17) is 102 Å². The van der Waals surface area contributed by atoms with Crippen LogP contribution in [-0.2, 0) is 0 Å². The second kappa shape index (κ2) is 17.4. The number of aliphatic imine (C=N–C) groups is 1. The molecule has 0 saturated heterocycles. The largest absolute Gasteiger partial charge is 0.495 e. The van der Waals surface area contributed by atoms with Gasteiger partial charge in [-0.3, -0.25) is 9.36 Å². The summed E-state index contributed by atoms with van der Waals surface area (Å²) in [7, 11) is 3.00. The number of carboxylic acids is 1. The molecule has 0 atom stereocenters. The Morgan fingerprint density at radius 1 is 0.830 bits per heavy atom. The molecule has 0 amide bonds. The summed E-state index contributed by atoms with van der Waals surface area (Å²) in [5, 5.41) is 14.1. The lowest BCUT2D eigenvalue weighted by molar-refractivity contribution is 0.0698. The van der Waals surface area contributed by atoms with Crippen LogP contribution < -0.4 is 20.8 Å². The van der Waals surface area contributed by atoms with Gasteiger partial charge in [0.05, 0.1) is 67.3 Å². The van der Waals surface area contributed by atoms with Crippen LogP contribution in [0.25, 0.3) is 16.6 Å². The van der Waals surface area contributed by atoms with Crippen LogP contribution in [0.4, 0.5) is 11.4 Å². The van der Waals surface area contributed by atoms with E-state index in [1.165, 1.54) is 30.9 Å². The molecule has 2 aliphatic carbocycles. The number of carbonyl (C=O) groups is 1. The predicted molar refractivity (Wildman–Crippen MR) is 221 cm³/mol. The number of isothiocyanates is 1. The topological polar surface area (TPSA) is 132 Å². The van der Waals surface area contributed by atoms with Crippen molar-refractivity contribution in [1.29, 1.82) is 0 Å². The minimum absolute atomic E-state index is 0.0828. The molecule has 0 unspecified atom stereocenters. The Morgan fingerprint density at radius 3 is 1.92 bits per heavy atom. The number of thiocarbonyl (C=S) groups is 1. The number of nitrogens with zero attached hydrogens (tertiary/aromatic N) is 2. The minimum atomic E-state index is -1.04. The maximum Gasteiger partial charge on any atom is 0.337 e. The molecular formula is C36H28Cl6N4O5S2. The summed E-state index contributed by atoms with van der Waals surface area (Å²) in [4.78, 5) is 30.7. The first-order chi connectivity index (χ1) is 25.2. The highest BCUT2D eigenvalue weighted by molar-refractivity contribution is 7.78. The van der Waals surface area contributed by atoms with Crippen LogP contribution in [0, 0.1) is 4.77 Å². The van der Waals surface area contributed by atoms with Crippen molar-refractivity contribution in [2.24, 2.45) is 4.99 Å². The molecule has 9 nitrogen and oxygen atoms in total. The van der Waals surface area contributed by atoms with Crippen LogP contribution in [0.2, 0.25) is 30.1 Å². The molecule has 7 rings (SSSR count). The van der Waals surface area contributed by atoms with E-state index in [9.17, 15) is 9.59 Å². The van der Waals surface area contributed by atoms with Gasteiger partial charge in [0, 0.05) is 27.9 Å². The molecule has 4 aromatic carbocycles. The fourth-order valence-corrected chi connectivity index (χ4v) is 7.41. The molecule has 0 aliphatic heterocycles. The van der Waals surface area contributed by atoms with E-state index in [-0.39, 0.29) is 20.9 Å². The third-order valence-corrected chi connectivity index (χ3v) is 10.5. The van der Waals surface area contributed by atoms with Gasteiger partial charge in [0.1, 0.15) is 11.5 Å². The summed E-state index contributed by atoms with van der Waals surface area (Å²) in [6.45, 7) is 0. The van der Waals surface area contributed by atoms with E-state index >= 15 is 0 Å². The number of nitrogens with two attached hydrogens (primary N) is 1. The average Bonchev–Trinajstić information content (AvgIpc) is 4.03. The van der Waals surface area contributed by atoms with E-state index < -0.39 is 5.97 Å². The van der Waals surface area contributed by atoms with Gasteiger partial charge in [-0.1, -0.05) is 69.6 Å². The van der Waals surface area contributed by atoms with Gasteiger partial charge < -0.3 is 25.3 Å². The third-order valence-electron chi connectivity index (χ3n) is 8.30. The summed E-state index contributed by atoms with van der Waals surface area (Å²) >= 11 is 46.3. The van der Waals surface area contributed by atoms with Gasteiger partial charge >= 0.3 is 5.97 Å². The summed E-state index contributed by atoms with van der Waals surface area (Å²) in [5.41, 5.74) is 9.28. The molecule has 53 heavy (non-hydrogen) atoms. The number of anilines is 1. The Labute approximate surface area is 344 Å². The van der Waals surface area contributed by atoms with Crippen LogP contribution in [0.15, 0.2) is 58.3 Å². The average molecular weight is 873 g/mol. The smallest absolute Gasteiger partial charge is 0.337 e. The number of methoxy groups -OCH3 is 2. The molecule has 0 bridgehead atoms. The number of hydrogen-bond acceptors (Lipinski definition) is 8. The Morgan fingerprint density at radius 2 is 1.38 bits per heavy atom. The molecule has 4 N–H and O–H groups in total. The van der Waals surface area contributed by atoms with Crippen LogP contribution in [0.5, 0.6) is 11.5 Å². The SMILES string of the molecule is COc1cc(-n2c(=S)[nH]c3cc(C4CC4)c(Cl)cc3c2=O)c(Cl)cc1Cl.COc1cc(N=C=S)c(Cl)cc1Cl.Nc1cc(C2CC2)c(Cl)cc1C(=O)O. The van der Waals surface area contributed by atoms with Gasteiger partial charge in [-0.2, -0.15) is 4.99 Å².